The van der Waals surface area contributed by atoms with E-state index in [9.17, 15) is 14.0 Å². The predicted octanol–water partition coefficient (Wildman–Crippen LogP) is 2.17. The Labute approximate surface area is 121 Å². The molecule has 0 saturated carbocycles. The van der Waals surface area contributed by atoms with E-state index in [1.807, 2.05) is 13.8 Å². The summed E-state index contributed by atoms with van der Waals surface area (Å²) in [5.74, 6) is -2.22. The number of benzene rings is 1. The number of carbonyl (C=O) groups excluding carboxylic acids is 1. The van der Waals surface area contributed by atoms with Gasteiger partial charge in [0.1, 0.15) is 5.82 Å². The Morgan fingerprint density at radius 3 is 2.76 bits per heavy atom. The highest BCUT2D eigenvalue weighted by Crippen LogP contribution is 2.21. The second kappa shape index (κ2) is 5.69. The first kappa shape index (κ1) is 15.2. The van der Waals surface area contributed by atoms with Gasteiger partial charge < -0.3 is 20.1 Å². The molecule has 6 nitrogen and oxygen atoms in total. The molecule has 0 spiro atoms. The van der Waals surface area contributed by atoms with Gasteiger partial charge in [-0.05, 0) is 32.0 Å². The van der Waals surface area contributed by atoms with Crippen molar-refractivity contribution in [2.45, 2.75) is 19.4 Å². The molecule has 2 N–H and O–H groups in total. The normalized spacial score (nSPS) is 17.4. The molecule has 1 heterocycles. The van der Waals surface area contributed by atoms with E-state index in [4.69, 9.17) is 9.84 Å². The Bertz CT molecular complexity index is 574. The van der Waals surface area contributed by atoms with Crippen LogP contribution in [0.4, 0.5) is 14.9 Å². The van der Waals surface area contributed by atoms with Crippen LogP contribution in [0.3, 0.4) is 0 Å². The lowest BCUT2D eigenvalue weighted by Crippen LogP contribution is -2.56. The van der Waals surface area contributed by atoms with E-state index in [1.54, 1.807) is 4.90 Å². The van der Waals surface area contributed by atoms with Gasteiger partial charge in [-0.2, -0.15) is 0 Å². The third kappa shape index (κ3) is 3.30. The fourth-order valence-electron chi connectivity index (χ4n) is 2.19. The van der Waals surface area contributed by atoms with Crippen molar-refractivity contribution in [3.8, 4) is 0 Å². The van der Waals surface area contributed by atoms with Gasteiger partial charge in [0.15, 0.2) is 0 Å². The zero-order chi connectivity index (χ0) is 15.6. The molecule has 114 valence electrons. The quantitative estimate of drug-likeness (QED) is 0.876. The van der Waals surface area contributed by atoms with Gasteiger partial charge in [-0.15, -0.1) is 0 Å². The van der Waals surface area contributed by atoms with Crippen LogP contribution in [0.25, 0.3) is 0 Å². The van der Waals surface area contributed by atoms with Crippen molar-refractivity contribution in [1.82, 2.24) is 4.90 Å². The Kier molecular flexibility index (Phi) is 4.13. The van der Waals surface area contributed by atoms with Crippen LogP contribution in [0.2, 0.25) is 0 Å². The Hall–Kier alpha value is -2.15. The molecule has 21 heavy (non-hydrogen) atoms. The lowest BCUT2D eigenvalue weighted by Gasteiger charge is -2.41. The fourth-order valence-corrected chi connectivity index (χ4v) is 2.19. The zero-order valence-corrected chi connectivity index (χ0v) is 11.9. The molecular formula is C14H17FN2O4. The average Bonchev–Trinajstić information content (AvgIpc) is 2.40. The number of nitrogens with one attached hydrogen (secondary N) is 1. The maximum Gasteiger partial charge on any atom is 0.338 e. The number of anilines is 1. The smallest absolute Gasteiger partial charge is 0.338 e. The molecule has 1 aromatic carbocycles. The first-order chi connectivity index (χ1) is 9.81. The number of amides is 2. The van der Waals surface area contributed by atoms with Gasteiger partial charge >= 0.3 is 12.0 Å². The van der Waals surface area contributed by atoms with Gasteiger partial charge in [0.25, 0.3) is 0 Å². The maximum atomic E-state index is 13.3. The van der Waals surface area contributed by atoms with Gasteiger partial charge in [0, 0.05) is 12.2 Å². The highest BCUT2D eigenvalue weighted by Gasteiger charge is 2.34. The minimum atomic E-state index is -1.38. The topological polar surface area (TPSA) is 78.9 Å². The van der Waals surface area contributed by atoms with Gasteiger partial charge in [-0.3, -0.25) is 0 Å². The molecular weight excluding hydrogens is 279 g/mol. The molecule has 7 heteroatoms. The molecule has 1 saturated heterocycles. The van der Waals surface area contributed by atoms with E-state index in [2.05, 4.69) is 5.32 Å². The highest BCUT2D eigenvalue weighted by atomic mass is 19.1. The molecule has 0 aromatic heterocycles. The van der Waals surface area contributed by atoms with E-state index < -0.39 is 22.9 Å². The van der Waals surface area contributed by atoms with Gasteiger partial charge in [-0.1, -0.05) is 0 Å². The van der Waals surface area contributed by atoms with Crippen LogP contribution < -0.4 is 5.32 Å². The van der Waals surface area contributed by atoms with Crippen molar-refractivity contribution >= 4 is 17.7 Å². The van der Waals surface area contributed by atoms with Crippen molar-refractivity contribution in [2.24, 2.45) is 0 Å². The van der Waals surface area contributed by atoms with E-state index in [0.717, 1.165) is 12.1 Å². The third-order valence-corrected chi connectivity index (χ3v) is 3.34. The second-order valence-electron chi connectivity index (χ2n) is 5.45. The number of carboxylic acid groups (broad SMARTS) is 1. The van der Waals surface area contributed by atoms with Crippen LogP contribution in [-0.4, -0.2) is 47.3 Å². The number of morpholine rings is 1. The number of halogens is 1. The molecule has 0 bridgehead atoms. The minimum Gasteiger partial charge on any atom is -0.478 e. The van der Waals surface area contributed by atoms with Crippen LogP contribution in [0.5, 0.6) is 0 Å². The molecule has 1 aromatic rings. The monoisotopic (exact) mass is 296 g/mol. The molecule has 2 rings (SSSR count). The zero-order valence-electron chi connectivity index (χ0n) is 11.9. The van der Waals surface area contributed by atoms with Crippen LogP contribution in [-0.2, 0) is 4.74 Å². The van der Waals surface area contributed by atoms with Crippen molar-refractivity contribution in [2.75, 3.05) is 25.1 Å². The van der Waals surface area contributed by atoms with Gasteiger partial charge in [0.05, 0.1) is 24.3 Å². The Morgan fingerprint density at radius 1 is 1.43 bits per heavy atom. The number of hydrogen-bond donors (Lipinski definition) is 2. The molecule has 2 amide bonds. The average molecular weight is 296 g/mol. The fraction of sp³-hybridized carbons (Fsp3) is 0.429. The first-order valence-electron chi connectivity index (χ1n) is 6.50. The Morgan fingerprint density at radius 2 is 2.14 bits per heavy atom. The summed E-state index contributed by atoms with van der Waals surface area (Å²) in [6.07, 6.45) is 0. The maximum absolute atomic E-state index is 13.3. The van der Waals surface area contributed by atoms with Gasteiger partial charge in [0.2, 0.25) is 0 Å². The lowest BCUT2D eigenvalue weighted by molar-refractivity contribution is -0.0249. The van der Waals surface area contributed by atoms with Crippen LogP contribution in [0.1, 0.15) is 24.2 Å². The van der Waals surface area contributed by atoms with Crippen molar-refractivity contribution in [3.05, 3.63) is 29.6 Å². The molecule has 0 atom stereocenters. The predicted molar refractivity (Wildman–Crippen MR) is 74.0 cm³/mol. The summed E-state index contributed by atoms with van der Waals surface area (Å²) in [5, 5.41) is 11.5. The van der Waals surface area contributed by atoms with Crippen molar-refractivity contribution in [3.63, 3.8) is 0 Å². The number of carboxylic acids is 1. The molecule has 1 fully saturated rings. The SMILES string of the molecule is CC1(C)COCCN1C(=O)Nc1ccc(F)c(C(=O)O)c1. The first-order valence-corrected chi connectivity index (χ1v) is 6.50. The molecule has 1 aliphatic rings. The van der Waals surface area contributed by atoms with E-state index in [0.29, 0.717) is 19.8 Å². The molecule has 0 radical (unpaired) electrons. The van der Waals surface area contributed by atoms with Crippen LogP contribution in [0, 0.1) is 5.82 Å². The number of hydrogen-bond acceptors (Lipinski definition) is 3. The number of urea groups is 1. The van der Waals surface area contributed by atoms with E-state index in [1.165, 1.54) is 6.07 Å². The van der Waals surface area contributed by atoms with E-state index >= 15 is 0 Å². The summed E-state index contributed by atoms with van der Waals surface area (Å²) in [4.78, 5) is 24.8. The van der Waals surface area contributed by atoms with Crippen molar-refractivity contribution < 1.29 is 23.8 Å². The third-order valence-electron chi connectivity index (χ3n) is 3.34. The molecule has 1 aliphatic heterocycles. The van der Waals surface area contributed by atoms with Crippen molar-refractivity contribution in [1.29, 1.82) is 0 Å². The summed E-state index contributed by atoms with van der Waals surface area (Å²) in [5.41, 5.74) is -0.701. The number of aromatic carboxylic acids is 1. The summed E-state index contributed by atoms with van der Waals surface area (Å²) in [6, 6.07) is 3.07. The Balaban J connectivity index is 2.16. The van der Waals surface area contributed by atoms with E-state index in [-0.39, 0.29) is 11.7 Å². The van der Waals surface area contributed by atoms with Crippen LogP contribution >= 0.6 is 0 Å². The summed E-state index contributed by atoms with van der Waals surface area (Å²) in [7, 11) is 0. The highest BCUT2D eigenvalue weighted by molar-refractivity contribution is 5.93. The van der Waals surface area contributed by atoms with Gasteiger partial charge in [-0.25, -0.2) is 14.0 Å². The molecule has 0 aliphatic carbocycles. The number of nitrogens with zero attached hydrogens (tertiary/aromatic N) is 1. The minimum absolute atomic E-state index is 0.237. The number of ether oxygens (including phenoxy) is 1. The summed E-state index contributed by atoms with van der Waals surface area (Å²) < 4.78 is 18.6. The standard InChI is InChI=1S/C14H17FN2O4/c1-14(2)8-21-6-5-17(14)13(20)16-9-3-4-11(15)10(7-9)12(18)19/h3-4,7H,5-6,8H2,1-2H3,(H,16,20)(H,18,19). The number of carbonyl (C=O) groups is 2. The summed E-state index contributed by atoms with van der Waals surface area (Å²) >= 11 is 0. The largest absolute Gasteiger partial charge is 0.478 e. The molecule has 0 unspecified atom stereocenters. The summed E-state index contributed by atoms with van der Waals surface area (Å²) in [6.45, 7) is 5.05. The number of rotatable bonds is 2. The lowest BCUT2D eigenvalue weighted by atomic mass is 10.0. The van der Waals surface area contributed by atoms with Crippen LogP contribution in [0.15, 0.2) is 18.2 Å². The second-order valence-corrected chi connectivity index (χ2v) is 5.45.